The van der Waals surface area contributed by atoms with Gasteiger partial charge in [-0.3, -0.25) is 0 Å². The summed E-state index contributed by atoms with van der Waals surface area (Å²) >= 11 is 0. The number of aliphatic imine (C=N–C) groups is 1. The van der Waals surface area contributed by atoms with Crippen molar-refractivity contribution >= 4 is 12.0 Å². The minimum atomic E-state index is -4.78. The Morgan fingerprint density at radius 2 is 1.78 bits per heavy atom. The molecule has 0 radical (unpaired) electrons. The first-order valence-electron chi connectivity index (χ1n) is 6.62. The average Bonchev–Trinajstić information content (AvgIpc) is 2.45. The maximum Gasteiger partial charge on any atom is 0.419 e. The predicted octanol–water partition coefficient (Wildman–Crippen LogP) is 4.87. The first-order chi connectivity index (χ1) is 10.7. The van der Waals surface area contributed by atoms with Gasteiger partial charge in [-0.15, -0.1) is 0 Å². The second-order valence-electron chi connectivity index (χ2n) is 4.92. The highest BCUT2D eigenvalue weighted by molar-refractivity contribution is 5.63. The molecular formula is C16H14F4N2O. The Morgan fingerprint density at radius 1 is 1.09 bits per heavy atom. The third-order valence-electron chi connectivity index (χ3n) is 3.18. The van der Waals surface area contributed by atoms with E-state index in [2.05, 4.69) is 4.99 Å². The molecule has 0 atom stereocenters. The SMILES string of the molecule is Cc1cc(Oc2ccc(F)c(C(F)(F)F)c2)c(C)cc1N=CN. The molecule has 0 amide bonds. The summed E-state index contributed by atoms with van der Waals surface area (Å²) in [5.74, 6) is -1.08. The zero-order valence-corrected chi connectivity index (χ0v) is 12.4. The molecule has 0 aliphatic heterocycles. The summed E-state index contributed by atoms with van der Waals surface area (Å²) in [7, 11) is 0. The van der Waals surface area contributed by atoms with E-state index in [-0.39, 0.29) is 5.75 Å². The van der Waals surface area contributed by atoms with Crippen LogP contribution in [0.25, 0.3) is 0 Å². The van der Waals surface area contributed by atoms with Gasteiger partial charge in [-0.1, -0.05) is 0 Å². The lowest BCUT2D eigenvalue weighted by Gasteiger charge is -2.13. The van der Waals surface area contributed by atoms with Crippen molar-refractivity contribution in [2.45, 2.75) is 20.0 Å². The van der Waals surface area contributed by atoms with Gasteiger partial charge < -0.3 is 10.5 Å². The number of alkyl halides is 3. The Morgan fingerprint density at radius 3 is 2.39 bits per heavy atom. The van der Waals surface area contributed by atoms with Crippen LogP contribution in [-0.2, 0) is 6.18 Å². The van der Waals surface area contributed by atoms with E-state index in [0.717, 1.165) is 24.0 Å². The molecule has 0 saturated carbocycles. The van der Waals surface area contributed by atoms with Crippen molar-refractivity contribution < 1.29 is 22.3 Å². The molecule has 23 heavy (non-hydrogen) atoms. The van der Waals surface area contributed by atoms with Gasteiger partial charge in [0.1, 0.15) is 17.3 Å². The Hall–Kier alpha value is -2.57. The van der Waals surface area contributed by atoms with Crippen LogP contribution in [0.4, 0.5) is 23.2 Å². The van der Waals surface area contributed by atoms with Crippen molar-refractivity contribution in [2.75, 3.05) is 0 Å². The van der Waals surface area contributed by atoms with Crippen LogP contribution >= 0.6 is 0 Å². The summed E-state index contributed by atoms with van der Waals surface area (Å²) in [5.41, 5.74) is 5.92. The molecule has 122 valence electrons. The fourth-order valence-corrected chi connectivity index (χ4v) is 2.02. The molecule has 0 spiro atoms. The van der Waals surface area contributed by atoms with Gasteiger partial charge in [-0.2, -0.15) is 13.2 Å². The van der Waals surface area contributed by atoms with Crippen LogP contribution in [0.5, 0.6) is 11.5 Å². The molecule has 0 aromatic heterocycles. The second kappa shape index (κ2) is 6.28. The fourth-order valence-electron chi connectivity index (χ4n) is 2.02. The van der Waals surface area contributed by atoms with Crippen LogP contribution in [-0.4, -0.2) is 6.34 Å². The van der Waals surface area contributed by atoms with Gasteiger partial charge >= 0.3 is 6.18 Å². The maximum absolute atomic E-state index is 13.3. The molecule has 0 aliphatic rings. The standard InChI is InChI=1S/C16H14F4N2O/c1-9-6-15(10(2)5-14(9)22-8-21)23-11-3-4-13(17)12(7-11)16(18,19)20/h3-8H,1-2H3,(H2,21,22). The van der Waals surface area contributed by atoms with Crippen LogP contribution in [0.15, 0.2) is 35.3 Å². The van der Waals surface area contributed by atoms with Gasteiger partial charge in [-0.05, 0) is 55.3 Å². The van der Waals surface area contributed by atoms with Crippen molar-refractivity contribution in [3.8, 4) is 11.5 Å². The van der Waals surface area contributed by atoms with Crippen LogP contribution in [0.3, 0.4) is 0 Å². The smallest absolute Gasteiger partial charge is 0.419 e. The normalized spacial score (nSPS) is 11.9. The summed E-state index contributed by atoms with van der Waals surface area (Å²) in [6.45, 7) is 3.49. The summed E-state index contributed by atoms with van der Waals surface area (Å²) in [4.78, 5) is 3.97. The van der Waals surface area contributed by atoms with Crippen LogP contribution in [0, 0.1) is 19.7 Å². The van der Waals surface area contributed by atoms with Crippen molar-refractivity contribution in [1.82, 2.24) is 0 Å². The average molecular weight is 326 g/mol. The monoisotopic (exact) mass is 326 g/mol. The van der Waals surface area contributed by atoms with E-state index in [4.69, 9.17) is 10.5 Å². The van der Waals surface area contributed by atoms with E-state index >= 15 is 0 Å². The molecule has 2 rings (SSSR count). The Kier molecular flexibility index (Phi) is 4.58. The van der Waals surface area contributed by atoms with Gasteiger partial charge in [0.15, 0.2) is 0 Å². The minimum Gasteiger partial charge on any atom is -0.457 e. The van der Waals surface area contributed by atoms with Crippen LogP contribution in [0.1, 0.15) is 16.7 Å². The molecular weight excluding hydrogens is 312 g/mol. The summed E-state index contributed by atoms with van der Waals surface area (Å²) < 4.78 is 56.9. The summed E-state index contributed by atoms with van der Waals surface area (Å²) in [5, 5.41) is 0. The highest BCUT2D eigenvalue weighted by Crippen LogP contribution is 2.36. The van der Waals surface area contributed by atoms with Crippen molar-refractivity contribution in [3.63, 3.8) is 0 Å². The Balaban J connectivity index is 2.38. The Bertz CT molecular complexity index is 754. The number of hydrogen-bond donors (Lipinski definition) is 1. The van der Waals surface area contributed by atoms with Crippen LogP contribution in [0.2, 0.25) is 0 Å². The van der Waals surface area contributed by atoms with Gasteiger partial charge in [0.05, 0.1) is 17.6 Å². The van der Waals surface area contributed by atoms with Gasteiger partial charge in [0, 0.05) is 0 Å². The van der Waals surface area contributed by atoms with E-state index in [0.29, 0.717) is 23.1 Å². The number of rotatable bonds is 3. The third-order valence-corrected chi connectivity index (χ3v) is 3.18. The topological polar surface area (TPSA) is 47.6 Å². The zero-order valence-electron chi connectivity index (χ0n) is 12.4. The summed E-state index contributed by atoms with van der Waals surface area (Å²) in [6.07, 6.45) is -3.63. The van der Waals surface area contributed by atoms with Gasteiger partial charge in [-0.25, -0.2) is 9.38 Å². The first kappa shape index (κ1) is 16.8. The minimum absolute atomic E-state index is 0.101. The molecule has 2 aromatic rings. The second-order valence-corrected chi connectivity index (χ2v) is 4.92. The zero-order chi connectivity index (χ0) is 17.2. The van der Waals surface area contributed by atoms with Crippen molar-refractivity contribution in [2.24, 2.45) is 10.7 Å². The first-order valence-corrected chi connectivity index (χ1v) is 6.62. The molecule has 0 saturated heterocycles. The van der Waals surface area contributed by atoms with E-state index < -0.39 is 17.6 Å². The highest BCUT2D eigenvalue weighted by Gasteiger charge is 2.34. The van der Waals surface area contributed by atoms with Crippen molar-refractivity contribution in [3.05, 3.63) is 52.8 Å². The molecule has 7 heteroatoms. The van der Waals surface area contributed by atoms with Gasteiger partial charge in [0.25, 0.3) is 0 Å². The largest absolute Gasteiger partial charge is 0.457 e. The van der Waals surface area contributed by atoms with Gasteiger partial charge in [0.2, 0.25) is 0 Å². The highest BCUT2D eigenvalue weighted by atomic mass is 19.4. The number of nitrogens with zero attached hydrogens (tertiary/aromatic N) is 1. The molecule has 3 nitrogen and oxygen atoms in total. The molecule has 0 unspecified atom stereocenters. The number of ether oxygens (including phenoxy) is 1. The number of halogens is 4. The van der Waals surface area contributed by atoms with E-state index in [9.17, 15) is 17.6 Å². The number of hydrogen-bond acceptors (Lipinski definition) is 2. The number of nitrogens with two attached hydrogens (primary N) is 1. The quantitative estimate of drug-likeness (QED) is 0.497. The lowest BCUT2D eigenvalue weighted by Crippen LogP contribution is -2.08. The molecule has 0 aliphatic carbocycles. The number of benzene rings is 2. The predicted molar refractivity (Wildman–Crippen MR) is 79.7 cm³/mol. The van der Waals surface area contributed by atoms with E-state index in [1.807, 2.05) is 0 Å². The molecule has 2 N–H and O–H groups in total. The van der Waals surface area contributed by atoms with Crippen LogP contribution < -0.4 is 10.5 Å². The molecule has 2 aromatic carbocycles. The molecule has 0 heterocycles. The Labute approximate surface area is 130 Å². The fraction of sp³-hybridized carbons (Fsp3) is 0.188. The maximum atomic E-state index is 13.3. The third kappa shape index (κ3) is 3.80. The lowest BCUT2D eigenvalue weighted by atomic mass is 10.1. The van der Waals surface area contributed by atoms with E-state index in [1.54, 1.807) is 26.0 Å². The number of aryl methyl sites for hydroxylation is 2. The lowest BCUT2D eigenvalue weighted by molar-refractivity contribution is -0.140. The molecule has 0 bridgehead atoms. The van der Waals surface area contributed by atoms with E-state index in [1.165, 1.54) is 0 Å². The summed E-state index contributed by atoms with van der Waals surface area (Å²) in [6, 6.07) is 5.84. The van der Waals surface area contributed by atoms with Crippen molar-refractivity contribution in [1.29, 1.82) is 0 Å². The molecule has 0 fully saturated rings.